The quantitative estimate of drug-likeness (QED) is 0.556. The molecule has 2 amide bonds. The summed E-state index contributed by atoms with van der Waals surface area (Å²) in [4.78, 5) is 28.4. The van der Waals surface area contributed by atoms with E-state index in [-0.39, 0.29) is 30.9 Å². The largest absolute Gasteiger partial charge is 0.497 e. The summed E-state index contributed by atoms with van der Waals surface area (Å²) >= 11 is 0. The van der Waals surface area contributed by atoms with E-state index in [1.165, 1.54) is 6.33 Å². The predicted molar refractivity (Wildman–Crippen MR) is 116 cm³/mol. The van der Waals surface area contributed by atoms with Crippen molar-refractivity contribution in [2.75, 3.05) is 31.0 Å². The molecule has 0 aliphatic carbocycles. The van der Waals surface area contributed by atoms with Gasteiger partial charge in [0.25, 0.3) is 5.91 Å². The minimum atomic E-state index is -0.312. The fraction of sp³-hybridized carbons (Fsp3) is 0.273. The third kappa shape index (κ3) is 4.64. The van der Waals surface area contributed by atoms with Crippen LogP contribution in [0.5, 0.6) is 17.2 Å². The summed E-state index contributed by atoms with van der Waals surface area (Å²) in [5.41, 5.74) is 1.46. The average molecular weight is 437 g/mol. The number of rotatable bonds is 8. The van der Waals surface area contributed by atoms with Gasteiger partial charge in [-0.25, -0.2) is 4.68 Å². The molecule has 2 aromatic carbocycles. The lowest BCUT2D eigenvalue weighted by molar-refractivity contribution is -0.118. The van der Waals surface area contributed by atoms with Crippen LogP contribution in [0.3, 0.4) is 0 Å². The van der Waals surface area contributed by atoms with Crippen LogP contribution in [-0.2, 0) is 9.59 Å². The van der Waals surface area contributed by atoms with Crippen LogP contribution in [-0.4, -0.2) is 46.9 Å². The summed E-state index contributed by atoms with van der Waals surface area (Å²) in [6.45, 7) is 2.08. The number of methoxy groups -OCH3 is 1. The van der Waals surface area contributed by atoms with Gasteiger partial charge in [-0.1, -0.05) is 6.07 Å². The highest BCUT2D eigenvalue weighted by atomic mass is 16.5. The second kappa shape index (κ2) is 9.38. The molecule has 10 heteroatoms. The number of nitrogens with one attached hydrogen (secondary N) is 2. The molecule has 4 rings (SSSR count). The molecule has 2 heterocycles. The highest BCUT2D eigenvalue weighted by Crippen LogP contribution is 2.35. The van der Waals surface area contributed by atoms with Crippen LogP contribution in [0.25, 0.3) is 0 Å². The zero-order valence-corrected chi connectivity index (χ0v) is 17.7. The lowest BCUT2D eigenvalue weighted by atomic mass is 10.0. The Labute approximate surface area is 184 Å². The normalized spacial score (nSPS) is 14.8. The fourth-order valence-corrected chi connectivity index (χ4v) is 3.40. The van der Waals surface area contributed by atoms with Crippen LogP contribution in [0.1, 0.15) is 24.9 Å². The minimum absolute atomic E-state index is 0.135. The molecule has 0 radical (unpaired) electrons. The van der Waals surface area contributed by atoms with Gasteiger partial charge in [0.2, 0.25) is 11.9 Å². The zero-order valence-electron chi connectivity index (χ0n) is 17.7. The van der Waals surface area contributed by atoms with Crippen molar-refractivity contribution in [3.8, 4) is 17.2 Å². The van der Waals surface area contributed by atoms with E-state index >= 15 is 0 Å². The van der Waals surface area contributed by atoms with Crippen LogP contribution in [0.15, 0.2) is 48.8 Å². The van der Waals surface area contributed by atoms with Gasteiger partial charge in [0.15, 0.2) is 18.1 Å². The van der Waals surface area contributed by atoms with Gasteiger partial charge in [-0.3, -0.25) is 14.9 Å². The molecule has 1 atom stereocenters. The molecule has 0 spiro atoms. The van der Waals surface area contributed by atoms with E-state index in [0.717, 1.165) is 5.56 Å². The first kappa shape index (κ1) is 21.2. The van der Waals surface area contributed by atoms with E-state index in [2.05, 4.69) is 20.7 Å². The van der Waals surface area contributed by atoms with Gasteiger partial charge in [-0.05, 0) is 48.9 Å². The second-order valence-electron chi connectivity index (χ2n) is 7.00. The van der Waals surface area contributed by atoms with Crippen molar-refractivity contribution in [2.45, 2.75) is 19.4 Å². The number of carbonyl (C=O) groups excluding carboxylic acids is 2. The first-order chi connectivity index (χ1) is 15.6. The number of carbonyl (C=O) groups is 2. The van der Waals surface area contributed by atoms with Crippen LogP contribution < -0.4 is 24.8 Å². The lowest BCUT2D eigenvalue weighted by Gasteiger charge is -2.24. The third-order valence-corrected chi connectivity index (χ3v) is 4.88. The monoisotopic (exact) mass is 437 g/mol. The van der Waals surface area contributed by atoms with Crippen molar-refractivity contribution in [3.05, 3.63) is 54.4 Å². The number of benzene rings is 2. The summed E-state index contributed by atoms with van der Waals surface area (Å²) in [5.74, 6) is 1.57. The van der Waals surface area contributed by atoms with Gasteiger partial charge >= 0.3 is 0 Å². The standard InChI is InChI=1S/C22H23N5O5/c1-3-31-19-10-14(17-11-20(28)26-22-23-13-24-27(17)22)4-9-18(19)32-12-21(29)25-15-5-7-16(30-2)8-6-15/h4-10,13,17H,3,11-12H2,1-2H3,(H,25,29)(H,23,24,26,28)/t17-/m1/s1. The molecule has 10 nitrogen and oxygen atoms in total. The molecular weight excluding hydrogens is 414 g/mol. The molecule has 0 fully saturated rings. The topological polar surface area (TPSA) is 117 Å². The van der Waals surface area contributed by atoms with Gasteiger partial charge in [0.1, 0.15) is 12.1 Å². The Morgan fingerprint density at radius 3 is 2.75 bits per heavy atom. The Kier molecular flexibility index (Phi) is 6.20. The van der Waals surface area contributed by atoms with E-state index in [9.17, 15) is 9.59 Å². The second-order valence-corrected chi connectivity index (χ2v) is 7.00. The number of hydrogen-bond acceptors (Lipinski definition) is 7. The summed E-state index contributed by atoms with van der Waals surface area (Å²) in [5, 5.41) is 9.68. The van der Waals surface area contributed by atoms with Crippen LogP contribution >= 0.6 is 0 Å². The van der Waals surface area contributed by atoms with Gasteiger partial charge in [0, 0.05) is 5.69 Å². The van der Waals surface area contributed by atoms with E-state index < -0.39 is 0 Å². The predicted octanol–water partition coefficient (Wildman–Crippen LogP) is 2.63. The first-order valence-electron chi connectivity index (χ1n) is 10.1. The number of fused-ring (bicyclic) bond motifs is 1. The highest BCUT2D eigenvalue weighted by molar-refractivity contribution is 5.92. The van der Waals surface area contributed by atoms with Crippen molar-refractivity contribution in [1.29, 1.82) is 0 Å². The Hall–Kier alpha value is -4.08. The molecule has 1 aromatic heterocycles. The van der Waals surface area contributed by atoms with Gasteiger partial charge in [0.05, 0.1) is 26.2 Å². The molecule has 32 heavy (non-hydrogen) atoms. The van der Waals surface area contributed by atoms with Crippen molar-refractivity contribution in [3.63, 3.8) is 0 Å². The Morgan fingerprint density at radius 1 is 1.19 bits per heavy atom. The van der Waals surface area contributed by atoms with E-state index in [1.54, 1.807) is 48.2 Å². The molecule has 0 saturated carbocycles. The fourth-order valence-electron chi connectivity index (χ4n) is 3.40. The van der Waals surface area contributed by atoms with Crippen molar-refractivity contribution < 1.29 is 23.8 Å². The number of aromatic nitrogens is 3. The molecule has 1 aliphatic heterocycles. The van der Waals surface area contributed by atoms with Crippen LogP contribution in [0, 0.1) is 0 Å². The smallest absolute Gasteiger partial charge is 0.262 e. The third-order valence-electron chi connectivity index (χ3n) is 4.88. The lowest BCUT2D eigenvalue weighted by Crippen LogP contribution is -2.29. The SMILES string of the molecule is CCOc1cc([C@H]2CC(=O)Nc3ncnn32)ccc1OCC(=O)Nc1ccc(OC)cc1. The number of ether oxygens (including phenoxy) is 3. The van der Waals surface area contributed by atoms with Crippen molar-refractivity contribution in [2.24, 2.45) is 0 Å². The zero-order chi connectivity index (χ0) is 22.5. The van der Waals surface area contributed by atoms with Gasteiger partial charge in [-0.15, -0.1) is 0 Å². The number of nitrogens with zero attached hydrogens (tertiary/aromatic N) is 3. The Morgan fingerprint density at radius 2 is 2.00 bits per heavy atom. The van der Waals surface area contributed by atoms with Gasteiger partial charge in [-0.2, -0.15) is 10.1 Å². The minimum Gasteiger partial charge on any atom is -0.497 e. The summed E-state index contributed by atoms with van der Waals surface area (Å²) in [6.07, 6.45) is 1.63. The number of anilines is 2. The molecule has 166 valence electrons. The highest BCUT2D eigenvalue weighted by Gasteiger charge is 2.28. The van der Waals surface area contributed by atoms with Crippen LogP contribution in [0.4, 0.5) is 11.6 Å². The molecule has 3 aromatic rings. The summed E-state index contributed by atoms with van der Waals surface area (Å²) in [6, 6.07) is 12.1. The summed E-state index contributed by atoms with van der Waals surface area (Å²) < 4.78 is 18.2. The number of hydrogen-bond donors (Lipinski definition) is 2. The molecule has 2 N–H and O–H groups in total. The Bertz CT molecular complexity index is 1110. The Balaban J connectivity index is 1.46. The first-order valence-corrected chi connectivity index (χ1v) is 10.1. The maximum absolute atomic E-state index is 12.3. The van der Waals surface area contributed by atoms with Gasteiger partial charge < -0.3 is 19.5 Å². The van der Waals surface area contributed by atoms with Crippen LogP contribution in [0.2, 0.25) is 0 Å². The molecule has 0 bridgehead atoms. The maximum Gasteiger partial charge on any atom is 0.262 e. The van der Waals surface area contributed by atoms with Crippen molar-refractivity contribution in [1.82, 2.24) is 14.8 Å². The maximum atomic E-state index is 12.3. The molecule has 0 unspecified atom stereocenters. The van der Waals surface area contributed by atoms with E-state index in [1.807, 2.05) is 13.0 Å². The molecular formula is C22H23N5O5. The molecule has 1 aliphatic rings. The summed E-state index contributed by atoms with van der Waals surface area (Å²) in [7, 11) is 1.58. The molecule has 0 saturated heterocycles. The van der Waals surface area contributed by atoms with E-state index in [0.29, 0.717) is 35.5 Å². The van der Waals surface area contributed by atoms with Crippen molar-refractivity contribution >= 4 is 23.5 Å². The average Bonchev–Trinajstić information content (AvgIpc) is 3.27. The van der Waals surface area contributed by atoms with E-state index in [4.69, 9.17) is 14.2 Å². The number of amides is 2.